The summed E-state index contributed by atoms with van der Waals surface area (Å²) in [5, 5.41) is 11.5. The van der Waals surface area contributed by atoms with Crippen molar-refractivity contribution in [3.63, 3.8) is 0 Å². The molecule has 0 atom stereocenters. The molecular formula is C23H26N4O6S2. The first-order chi connectivity index (χ1) is 16.7. The Labute approximate surface area is 208 Å². The van der Waals surface area contributed by atoms with Crippen molar-refractivity contribution in [1.29, 1.82) is 0 Å². The van der Waals surface area contributed by atoms with Crippen molar-refractivity contribution in [1.82, 2.24) is 14.9 Å². The van der Waals surface area contributed by atoms with Gasteiger partial charge in [0, 0.05) is 19.0 Å². The second-order valence-electron chi connectivity index (χ2n) is 7.24. The number of rotatable bonds is 11. The highest BCUT2D eigenvalue weighted by Crippen LogP contribution is 2.38. The van der Waals surface area contributed by atoms with Crippen molar-refractivity contribution in [2.75, 3.05) is 33.2 Å². The lowest BCUT2D eigenvalue weighted by Crippen LogP contribution is -2.25. The predicted molar refractivity (Wildman–Crippen MR) is 134 cm³/mol. The number of amides is 1. The molecule has 0 radical (unpaired) electrons. The number of carbonyl (C=O) groups excluding carboxylic acids is 1. The van der Waals surface area contributed by atoms with Crippen LogP contribution in [-0.2, 0) is 21.2 Å². The summed E-state index contributed by atoms with van der Waals surface area (Å²) in [7, 11) is 0.930. The number of carbonyl (C=O) groups is 1. The minimum Gasteiger partial charge on any atom is -0.493 e. The van der Waals surface area contributed by atoms with Gasteiger partial charge in [-0.05, 0) is 42.8 Å². The molecule has 1 aromatic heterocycles. The molecule has 3 rings (SSSR count). The Kier molecular flexibility index (Phi) is 8.79. The number of benzene rings is 2. The third-order valence-electron chi connectivity index (χ3n) is 4.77. The van der Waals surface area contributed by atoms with Crippen LogP contribution >= 0.6 is 11.3 Å². The number of methoxy groups -OCH3 is 3. The smallest absolute Gasteiger partial charge is 0.250 e. The third kappa shape index (κ3) is 7.01. The van der Waals surface area contributed by atoms with Crippen LogP contribution in [0.4, 0.5) is 5.13 Å². The Morgan fingerprint density at radius 2 is 1.69 bits per heavy atom. The van der Waals surface area contributed by atoms with Gasteiger partial charge in [0.1, 0.15) is 5.01 Å². The number of aryl methyl sites for hydroxylation is 1. The molecule has 3 aromatic rings. The molecular weight excluding hydrogens is 492 g/mol. The molecule has 0 saturated heterocycles. The van der Waals surface area contributed by atoms with Crippen LogP contribution in [-0.4, -0.2) is 52.4 Å². The zero-order chi connectivity index (χ0) is 25.4. The molecule has 0 fully saturated rings. The lowest BCUT2D eigenvalue weighted by molar-refractivity contribution is -0.111. The Balaban J connectivity index is 1.55. The van der Waals surface area contributed by atoms with E-state index < -0.39 is 15.9 Å². The summed E-state index contributed by atoms with van der Waals surface area (Å²) in [5.41, 5.74) is 1.65. The Morgan fingerprint density at radius 3 is 2.29 bits per heavy atom. The van der Waals surface area contributed by atoms with Gasteiger partial charge in [0.05, 0.1) is 26.2 Å². The van der Waals surface area contributed by atoms with Gasteiger partial charge in [-0.2, -0.15) is 0 Å². The van der Waals surface area contributed by atoms with Crippen molar-refractivity contribution in [3.8, 4) is 17.2 Å². The van der Waals surface area contributed by atoms with E-state index in [1.807, 2.05) is 6.92 Å². The first-order valence-electron chi connectivity index (χ1n) is 10.4. The number of nitrogens with zero attached hydrogens (tertiary/aromatic N) is 2. The van der Waals surface area contributed by atoms with Crippen LogP contribution in [0, 0.1) is 6.92 Å². The van der Waals surface area contributed by atoms with Crippen LogP contribution < -0.4 is 24.2 Å². The molecule has 0 spiro atoms. The molecule has 186 valence electrons. The Hall–Kier alpha value is -3.48. The highest BCUT2D eigenvalue weighted by molar-refractivity contribution is 7.89. The minimum atomic E-state index is -3.61. The average Bonchev–Trinajstić information content (AvgIpc) is 3.28. The molecule has 0 bridgehead atoms. The van der Waals surface area contributed by atoms with Crippen LogP contribution in [0.2, 0.25) is 0 Å². The molecule has 1 amide bonds. The number of anilines is 1. The van der Waals surface area contributed by atoms with E-state index in [0.717, 1.165) is 5.56 Å². The van der Waals surface area contributed by atoms with Gasteiger partial charge < -0.3 is 14.2 Å². The molecule has 35 heavy (non-hydrogen) atoms. The summed E-state index contributed by atoms with van der Waals surface area (Å²) in [6, 6.07) is 10.0. The van der Waals surface area contributed by atoms with Crippen molar-refractivity contribution in [3.05, 3.63) is 58.6 Å². The zero-order valence-corrected chi connectivity index (χ0v) is 21.3. The van der Waals surface area contributed by atoms with Crippen LogP contribution in [0.25, 0.3) is 6.08 Å². The monoisotopic (exact) mass is 518 g/mol. The topological polar surface area (TPSA) is 129 Å². The second kappa shape index (κ2) is 11.8. The molecule has 2 N–H and O–H groups in total. The summed E-state index contributed by atoms with van der Waals surface area (Å²) in [6.45, 7) is 2.04. The van der Waals surface area contributed by atoms with E-state index in [4.69, 9.17) is 14.2 Å². The second-order valence-corrected chi connectivity index (χ2v) is 10.1. The summed E-state index contributed by atoms with van der Waals surface area (Å²) < 4.78 is 43.2. The third-order valence-corrected chi connectivity index (χ3v) is 7.15. The van der Waals surface area contributed by atoms with Gasteiger partial charge in [-0.15, -0.1) is 10.2 Å². The quantitative estimate of drug-likeness (QED) is 0.371. The molecule has 0 aliphatic carbocycles. The van der Waals surface area contributed by atoms with Crippen molar-refractivity contribution in [2.45, 2.75) is 18.2 Å². The zero-order valence-electron chi connectivity index (χ0n) is 19.7. The van der Waals surface area contributed by atoms with Gasteiger partial charge in [0.25, 0.3) is 0 Å². The molecule has 0 aliphatic rings. The maximum absolute atomic E-state index is 12.4. The minimum absolute atomic E-state index is 0.153. The first kappa shape index (κ1) is 26.1. The molecule has 1 heterocycles. The summed E-state index contributed by atoms with van der Waals surface area (Å²) >= 11 is 1.17. The summed E-state index contributed by atoms with van der Waals surface area (Å²) in [5.74, 6) is 0.998. The lowest BCUT2D eigenvalue weighted by atomic mass is 10.1. The number of sulfonamides is 1. The number of aromatic nitrogens is 2. The maximum atomic E-state index is 12.4. The fraction of sp³-hybridized carbons (Fsp3) is 0.261. The van der Waals surface area contributed by atoms with Crippen molar-refractivity contribution >= 4 is 38.5 Å². The van der Waals surface area contributed by atoms with Gasteiger partial charge >= 0.3 is 0 Å². The van der Waals surface area contributed by atoms with Gasteiger partial charge in [-0.25, -0.2) is 13.1 Å². The molecule has 10 nitrogen and oxygen atoms in total. The maximum Gasteiger partial charge on any atom is 0.250 e. The van der Waals surface area contributed by atoms with Crippen molar-refractivity contribution < 1.29 is 27.4 Å². The average molecular weight is 519 g/mol. The molecule has 2 aromatic carbocycles. The normalized spacial score (nSPS) is 11.4. The molecule has 0 unspecified atom stereocenters. The molecule has 0 aliphatic heterocycles. The van der Waals surface area contributed by atoms with Crippen LogP contribution in [0.1, 0.15) is 16.1 Å². The Morgan fingerprint density at radius 1 is 1.03 bits per heavy atom. The predicted octanol–water partition coefficient (Wildman–Crippen LogP) is 3.05. The number of hydrogen-bond acceptors (Lipinski definition) is 9. The van der Waals surface area contributed by atoms with E-state index in [1.54, 1.807) is 42.5 Å². The van der Waals surface area contributed by atoms with E-state index in [-0.39, 0.29) is 11.4 Å². The molecule has 0 saturated carbocycles. The highest BCUT2D eigenvalue weighted by atomic mass is 32.2. The summed E-state index contributed by atoms with van der Waals surface area (Å²) in [4.78, 5) is 12.5. The fourth-order valence-corrected chi connectivity index (χ4v) is 4.79. The number of ether oxygens (including phenoxy) is 3. The standard InChI is InChI=1S/C23H26N4O6S2/c1-15-5-8-17(9-6-15)35(29,30)24-12-11-21-26-27-23(34-21)25-20(28)10-7-16-13-18(31-2)22(33-4)19(14-16)32-3/h5-10,13-14,24H,11-12H2,1-4H3,(H,25,27,28)/b10-7+. The van der Waals surface area contributed by atoms with Gasteiger partial charge in [-0.1, -0.05) is 29.0 Å². The van der Waals surface area contributed by atoms with E-state index in [9.17, 15) is 13.2 Å². The van der Waals surface area contributed by atoms with E-state index in [1.165, 1.54) is 38.7 Å². The molecule has 12 heteroatoms. The number of hydrogen-bond donors (Lipinski definition) is 2. The fourth-order valence-electron chi connectivity index (χ4n) is 3.01. The van der Waals surface area contributed by atoms with Gasteiger partial charge in [-0.3, -0.25) is 10.1 Å². The van der Waals surface area contributed by atoms with E-state index in [2.05, 4.69) is 20.2 Å². The van der Waals surface area contributed by atoms with Crippen LogP contribution in [0.3, 0.4) is 0 Å². The van der Waals surface area contributed by atoms with Crippen LogP contribution in [0.5, 0.6) is 17.2 Å². The summed E-state index contributed by atoms with van der Waals surface area (Å²) in [6.07, 6.45) is 3.28. The first-order valence-corrected chi connectivity index (χ1v) is 12.7. The number of nitrogens with one attached hydrogen (secondary N) is 2. The Bertz CT molecular complexity index is 1280. The van der Waals surface area contributed by atoms with Crippen LogP contribution in [0.15, 0.2) is 47.4 Å². The van der Waals surface area contributed by atoms with Gasteiger partial charge in [0.15, 0.2) is 11.5 Å². The highest BCUT2D eigenvalue weighted by Gasteiger charge is 2.15. The largest absolute Gasteiger partial charge is 0.493 e. The SMILES string of the molecule is COc1cc(/C=C/C(=O)Nc2nnc(CCNS(=O)(=O)c3ccc(C)cc3)s2)cc(OC)c1OC. The van der Waals surface area contributed by atoms with E-state index in [0.29, 0.717) is 39.4 Å². The van der Waals surface area contributed by atoms with Crippen molar-refractivity contribution in [2.24, 2.45) is 0 Å². The van der Waals surface area contributed by atoms with Gasteiger partial charge in [0.2, 0.25) is 26.8 Å². The van der Waals surface area contributed by atoms with E-state index >= 15 is 0 Å². The lowest BCUT2D eigenvalue weighted by Gasteiger charge is -2.12.